The highest BCUT2D eigenvalue weighted by Crippen LogP contribution is 2.45. The van der Waals surface area contributed by atoms with Crippen LogP contribution >= 0.6 is 11.8 Å². The lowest BCUT2D eigenvalue weighted by molar-refractivity contribution is -0.384. The predicted octanol–water partition coefficient (Wildman–Crippen LogP) is 1.95. The number of benzene rings is 1. The molecule has 2 heterocycles. The Morgan fingerprint density at radius 1 is 1.41 bits per heavy atom. The number of β-lactam (4-membered cyclic amide) rings is 1. The van der Waals surface area contributed by atoms with E-state index in [1.165, 1.54) is 24.3 Å². The number of nitrogens with zero attached hydrogens (tertiary/aromatic N) is 2. The molecular formula is C18H20N2O6S. The molecule has 0 radical (unpaired) electrons. The number of nitro benzene ring substituents is 1. The van der Waals surface area contributed by atoms with Crippen molar-refractivity contribution in [3.63, 3.8) is 0 Å². The summed E-state index contributed by atoms with van der Waals surface area (Å²) in [4.78, 5) is 47.6. The zero-order valence-corrected chi connectivity index (χ0v) is 15.6. The molecule has 3 rings (SSSR count). The third-order valence-electron chi connectivity index (χ3n) is 5.02. The smallest absolute Gasteiger partial charge is 0.330 e. The third kappa shape index (κ3) is 3.69. The van der Waals surface area contributed by atoms with E-state index in [0.29, 0.717) is 12.0 Å². The van der Waals surface area contributed by atoms with Crippen LogP contribution in [0.15, 0.2) is 24.3 Å². The number of carbonyl (C=O) groups is 3. The van der Waals surface area contributed by atoms with E-state index >= 15 is 0 Å². The SMILES string of the molecule is CCSC1CC2[C@@H](CC=O)C(=O)N2C1C(=O)OCc1ccc([N+](=O)[O-])cc1. The van der Waals surface area contributed by atoms with Crippen LogP contribution in [0.2, 0.25) is 0 Å². The number of carbonyl (C=O) groups excluding carboxylic acids is 3. The first-order chi connectivity index (χ1) is 13.0. The fourth-order valence-electron chi connectivity index (χ4n) is 3.75. The van der Waals surface area contributed by atoms with Gasteiger partial charge in [0, 0.05) is 29.8 Å². The number of amides is 1. The first-order valence-corrected chi connectivity index (χ1v) is 9.80. The molecule has 4 atom stereocenters. The Balaban J connectivity index is 1.66. The minimum absolute atomic E-state index is 0.0126. The molecular weight excluding hydrogens is 372 g/mol. The van der Waals surface area contributed by atoms with E-state index in [-0.39, 0.29) is 41.8 Å². The van der Waals surface area contributed by atoms with Crippen molar-refractivity contribution in [1.82, 2.24) is 4.90 Å². The summed E-state index contributed by atoms with van der Waals surface area (Å²) in [5.74, 6) is -0.151. The van der Waals surface area contributed by atoms with Gasteiger partial charge >= 0.3 is 5.97 Å². The largest absolute Gasteiger partial charge is 0.459 e. The fraction of sp³-hybridized carbons (Fsp3) is 0.500. The van der Waals surface area contributed by atoms with Crippen molar-refractivity contribution in [1.29, 1.82) is 0 Å². The van der Waals surface area contributed by atoms with Crippen molar-refractivity contribution >= 4 is 35.6 Å². The number of rotatable bonds is 8. The zero-order chi connectivity index (χ0) is 19.6. The molecule has 1 aromatic rings. The van der Waals surface area contributed by atoms with Crippen LogP contribution in [0.3, 0.4) is 0 Å². The molecule has 1 aromatic carbocycles. The van der Waals surface area contributed by atoms with Gasteiger partial charge < -0.3 is 14.4 Å². The van der Waals surface area contributed by atoms with E-state index in [0.717, 1.165) is 12.0 Å². The van der Waals surface area contributed by atoms with Crippen LogP contribution in [-0.4, -0.2) is 51.1 Å². The second-order valence-corrected chi connectivity index (χ2v) is 8.04. The van der Waals surface area contributed by atoms with Gasteiger partial charge in [-0.3, -0.25) is 14.9 Å². The van der Waals surface area contributed by atoms with Crippen molar-refractivity contribution in [2.45, 2.75) is 43.7 Å². The number of thioether (sulfide) groups is 1. The average molecular weight is 392 g/mol. The molecule has 0 aliphatic carbocycles. The summed E-state index contributed by atoms with van der Waals surface area (Å²) >= 11 is 1.61. The maximum Gasteiger partial charge on any atom is 0.330 e. The molecule has 0 spiro atoms. The first-order valence-electron chi connectivity index (χ1n) is 8.75. The summed E-state index contributed by atoms with van der Waals surface area (Å²) in [6, 6.07) is 5.06. The van der Waals surface area contributed by atoms with Crippen LogP contribution in [0.4, 0.5) is 5.69 Å². The van der Waals surface area contributed by atoms with E-state index in [4.69, 9.17) is 4.74 Å². The molecule has 0 saturated carbocycles. The van der Waals surface area contributed by atoms with Crippen molar-refractivity contribution in [3.05, 3.63) is 39.9 Å². The van der Waals surface area contributed by atoms with Crippen LogP contribution in [-0.2, 0) is 25.7 Å². The van der Waals surface area contributed by atoms with Gasteiger partial charge in [0.1, 0.15) is 18.9 Å². The molecule has 3 unspecified atom stereocenters. The van der Waals surface area contributed by atoms with Gasteiger partial charge in [-0.25, -0.2) is 4.79 Å². The van der Waals surface area contributed by atoms with Crippen molar-refractivity contribution in [3.8, 4) is 0 Å². The topological polar surface area (TPSA) is 107 Å². The number of nitro groups is 1. The maximum atomic E-state index is 12.7. The Morgan fingerprint density at radius 3 is 2.70 bits per heavy atom. The van der Waals surface area contributed by atoms with Gasteiger partial charge in [0.2, 0.25) is 5.91 Å². The normalized spacial score (nSPS) is 26.3. The molecule has 1 amide bonds. The van der Waals surface area contributed by atoms with E-state index in [2.05, 4.69) is 0 Å². The Morgan fingerprint density at radius 2 is 2.11 bits per heavy atom. The zero-order valence-electron chi connectivity index (χ0n) is 14.8. The first kappa shape index (κ1) is 19.3. The molecule has 2 saturated heterocycles. The second-order valence-electron chi connectivity index (χ2n) is 6.53. The van der Waals surface area contributed by atoms with E-state index < -0.39 is 16.9 Å². The van der Waals surface area contributed by atoms with Crippen LogP contribution in [0.5, 0.6) is 0 Å². The Labute approximate surface area is 160 Å². The summed E-state index contributed by atoms with van der Waals surface area (Å²) in [7, 11) is 0. The predicted molar refractivity (Wildman–Crippen MR) is 98.0 cm³/mol. The minimum Gasteiger partial charge on any atom is -0.459 e. The number of ether oxygens (including phenoxy) is 1. The van der Waals surface area contributed by atoms with Crippen LogP contribution in [0, 0.1) is 16.0 Å². The van der Waals surface area contributed by atoms with Gasteiger partial charge in [-0.05, 0) is 29.9 Å². The van der Waals surface area contributed by atoms with Crippen LogP contribution in [0.25, 0.3) is 0 Å². The molecule has 2 aliphatic rings. The van der Waals surface area contributed by atoms with Crippen LogP contribution in [0.1, 0.15) is 25.3 Å². The molecule has 8 nitrogen and oxygen atoms in total. The summed E-state index contributed by atoms with van der Waals surface area (Å²) in [6.07, 6.45) is 1.62. The van der Waals surface area contributed by atoms with Crippen molar-refractivity contribution in [2.24, 2.45) is 5.92 Å². The highest BCUT2D eigenvalue weighted by atomic mass is 32.2. The van der Waals surface area contributed by atoms with Gasteiger partial charge in [-0.2, -0.15) is 11.8 Å². The van der Waals surface area contributed by atoms with E-state index in [1.54, 1.807) is 16.7 Å². The number of non-ortho nitro benzene ring substituents is 1. The van der Waals surface area contributed by atoms with Gasteiger partial charge in [0.25, 0.3) is 5.69 Å². The number of esters is 1. The molecule has 0 aromatic heterocycles. The lowest BCUT2D eigenvalue weighted by atomic mass is 9.86. The molecule has 0 bridgehead atoms. The summed E-state index contributed by atoms with van der Waals surface area (Å²) < 4.78 is 5.40. The van der Waals surface area contributed by atoms with Crippen molar-refractivity contribution in [2.75, 3.05) is 5.75 Å². The Kier molecular flexibility index (Phi) is 5.79. The monoisotopic (exact) mass is 392 g/mol. The molecule has 2 fully saturated rings. The van der Waals surface area contributed by atoms with Crippen LogP contribution < -0.4 is 0 Å². The summed E-state index contributed by atoms with van der Waals surface area (Å²) in [5.41, 5.74) is 0.604. The molecule has 9 heteroatoms. The maximum absolute atomic E-state index is 12.7. The van der Waals surface area contributed by atoms with Gasteiger partial charge in [0.15, 0.2) is 0 Å². The highest BCUT2D eigenvalue weighted by Gasteiger charge is 2.59. The highest BCUT2D eigenvalue weighted by molar-refractivity contribution is 7.99. The van der Waals surface area contributed by atoms with Gasteiger partial charge in [0.05, 0.1) is 10.8 Å². The fourth-order valence-corrected chi connectivity index (χ4v) is 4.94. The number of fused-ring (bicyclic) bond motifs is 1. The summed E-state index contributed by atoms with van der Waals surface area (Å²) in [5, 5.41) is 10.6. The lowest BCUT2D eigenvalue weighted by Crippen LogP contribution is -2.62. The molecule has 2 aliphatic heterocycles. The number of hydrogen-bond donors (Lipinski definition) is 0. The van der Waals surface area contributed by atoms with Gasteiger partial charge in [-0.1, -0.05) is 6.92 Å². The average Bonchev–Trinajstić information content (AvgIpc) is 3.00. The van der Waals surface area contributed by atoms with E-state index in [1.807, 2.05) is 6.92 Å². The van der Waals surface area contributed by atoms with Gasteiger partial charge in [-0.15, -0.1) is 0 Å². The number of hydrogen-bond acceptors (Lipinski definition) is 7. The number of aldehydes is 1. The summed E-state index contributed by atoms with van der Waals surface area (Å²) in [6.45, 7) is 1.98. The molecule has 144 valence electrons. The second kappa shape index (κ2) is 8.08. The quantitative estimate of drug-likeness (QED) is 0.219. The third-order valence-corrected chi connectivity index (χ3v) is 6.23. The minimum atomic E-state index is -0.645. The lowest BCUT2D eigenvalue weighted by Gasteiger charge is -2.44. The standard InChI is InChI=1S/C18H20N2O6S/c1-2-27-15-9-14-13(7-8-21)17(22)19(14)16(15)18(23)26-10-11-3-5-12(6-4-11)20(24)25/h3-6,8,13-16H,2,7,9-10H2,1H3/t13-,14?,15?,16?/m1/s1. The Hall–Kier alpha value is -2.42. The molecule has 0 N–H and O–H groups in total. The van der Waals surface area contributed by atoms with E-state index in [9.17, 15) is 24.5 Å². The Bertz CT molecular complexity index is 753. The molecule has 27 heavy (non-hydrogen) atoms. The van der Waals surface area contributed by atoms with Crippen molar-refractivity contribution < 1.29 is 24.0 Å².